The minimum absolute atomic E-state index is 0.0310. The van der Waals surface area contributed by atoms with E-state index >= 15 is 0 Å². The van der Waals surface area contributed by atoms with E-state index in [4.69, 9.17) is 0 Å². The van der Waals surface area contributed by atoms with E-state index in [9.17, 15) is 4.79 Å². The molecular weight excluding hydrogens is 290 g/mol. The van der Waals surface area contributed by atoms with Gasteiger partial charge in [0.15, 0.2) is 0 Å². The smallest absolute Gasteiger partial charge is 0.216 e. The summed E-state index contributed by atoms with van der Waals surface area (Å²) in [4.78, 5) is 15.5. The van der Waals surface area contributed by atoms with Gasteiger partial charge in [-0.05, 0) is 5.39 Å². The SMILES string of the molecule is CC(=O)NCCNc1ncc(-c2cnn(C)c2)c2ccccc12. The van der Waals surface area contributed by atoms with Crippen molar-refractivity contribution in [3.05, 3.63) is 42.9 Å². The van der Waals surface area contributed by atoms with Crippen molar-refractivity contribution in [1.82, 2.24) is 20.1 Å². The van der Waals surface area contributed by atoms with E-state index in [1.807, 2.05) is 43.8 Å². The Morgan fingerprint density at radius 3 is 2.65 bits per heavy atom. The Morgan fingerprint density at radius 1 is 1.17 bits per heavy atom. The summed E-state index contributed by atoms with van der Waals surface area (Å²) in [5.74, 6) is 0.787. The van der Waals surface area contributed by atoms with Crippen LogP contribution in [0.1, 0.15) is 6.92 Å². The van der Waals surface area contributed by atoms with E-state index in [-0.39, 0.29) is 5.91 Å². The van der Waals surface area contributed by atoms with Gasteiger partial charge in [0, 0.05) is 56.0 Å². The molecule has 0 bridgehead atoms. The van der Waals surface area contributed by atoms with Crippen LogP contribution in [-0.2, 0) is 11.8 Å². The lowest BCUT2D eigenvalue weighted by Crippen LogP contribution is -2.26. The van der Waals surface area contributed by atoms with Gasteiger partial charge in [-0.3, -0.25) is 9.48 Å². The summed E-state index contributed by atoms with van der Waals surface area (Å²) in [7, 11) is 1.90. The summed E-state index contributed by atoms with van der Waals surface area (Å²) in [6.07, 6.45) is 5.68. The Morgan fingerprint density at radius 2 is 1.96 bits per heavy atom. The topological polar surface area (TPSA) is 71.8 Å². The largest absolute Gasteiger partial charge is 0.368 e. The lowest BCUT2D eigenvalue weighted by atomic mass is 10.0. The molecule has 0 saturated heterocycles. The number of benzene rings is 1. The monoisotopic (exact) mass is 309 g/mol. The van der Waals surface area contributed by atoms with Crippen molar-refractivity contribution in [2.75, 3.05) is 18.4 Å². The number of fused-ring (bicyclic) bond motifs is 1. The van der Waals surface area contributed by atoms with E-state index in [0.29, 0.717) is 13.1 Å². The Bertz CT molecular complexity index is 840. The van der Waals surface area contributed by atoms with Crippen molar-refractivity contribution in [2.45, 2.75) is 6.92 Å². The summed E-state index contributed by atoms with van der Waals surface area (Å²) in [5.41, 5.74) is 2.10. The maximum absolute atomic E-state index is 10.9. The van der Waals surface area contributed by atoms with Crippen molar-refractivity contribution in [1.29, 1.82) is 0 Å². The van der Waals surface area contributed by atoms with Gasteiger partial charge in [0.1, 0.15) is 5.82 Å². The average Bonchev–Trinajstić information content (AvgIpc) is 2.97. The van der Waals surface area contributed by atoms with Gasteiger partial charge in [0.2, 0.25) is 5.91 Å². The second-order valence-corrected chi connectivity index (χ2v) is 5.38. The molecule has 0 aliphatic carbocycles. The molecule has 0 spiro atoms. The van der Waals surface area contributed by atoms with Gasteiger partial charge in [-0.2, -0.15) is 5.10 Å². The predicted molar refractivity (Wildman–Crippen MR) is 91.1 cm³/mol. The van der Waals surface area contributed by atoms with Crippen LogP contribution in [0.2, 0.25) is 0 Å². The first-order valence-electron chi connectivity index (χ1n) is 7.50. The molecule has 0 radical (unpaired) electrons. The molecule has 6 heteroatoms. The Balaban J connectivity index is 1.91. The summed E-state index contributed by atoms with van der Waals surface area (Å²) < 4.78 is 1.78. The maximum Gasteiger partial charge on any atom is 0.216 e. The van der Waals surface area contributed by atoms with E-state index < -0.39 is 0 Å². The normalized spacial score (nSPS) is 10.7. The molecule has 2 aromatic heterocycles. The number of rotatable bonds is 5. The number of nitrogens with one attached hydrogen (secondary N) is 2. The van der Waals surface area contributed by atoms with Crippen molar-refractivity contribution in [3.63, 3.8) is 0 Å². The molecule has 0 fully saturated rings. The third-order valence-electron chi connectivity index (χ3n) is 3.60. The van der Waals surface area contributed by atoms with Gasteiger partial charge in [-0.15, -0.1) is 0 Å². The summed E-state index contributed by atoms with van der Waals surface area (Å²) in [6.45, 7) is 2.70. The third-order valence-corrected chi connectivity index (χ3v) is 3.60. The first kappa shape index (κ1) is 15.0. The minimum atomic E-state index is -0.0310. The van der Waals surface area contributed by atoms with Crippen molar-refractivity contribution in [3.8, 4) is 11.1 Å². The van der Waals surface area contributed by atoms with Crippen LogP contribution in [0.15, 0.2) is 42.9 Å². The summed E-state index contributed by atoms with van der Waals surface area (Å²) >= 11 is 0. The number of aromatic nitrogens is 3. The molecule has 1 amide bonds. The van der Waals surface area contributed by atoms with Crippen LogP contribution in [0, 0.1) is 0 Å². The number of carbonyl (C=O) groups excluding carboxylic acids is 1. The van der Waals surface area contributed by atoms with E-state index in [1.54, 1.807) is 4.68 Å². The minimum Gasteiger partial charge on any atom is -0.368 e. The first-order valence-corrected chi connectivity index (χ1v) is 7.50. The summed E-state index contributed by atoms with van der Waals surface area (Å²) in [5, 5.41) is 12.5. The van der Waals surface area contributed by atoms with Crippen LogP contribution < -0.4 is 10.6 Å². The fourth-order valence-corrected chi connectivity index (χ4v) is 2.54. The molecule has 2 N–H and O–H groups in total. The molecule has 0 unspecified atom stereocenters. The van der Waals surface area contributed by atoms with E-state index in [2.05, 4.69) is 26.8 Å². The number of hydrogen-bond donors (Lipinski definition) is 2. The number of aryl methyl sites for hydroxylation is 1. The maximum atomic E-state index is 10.9. The molecule has 0 saturated carbocycles. The van der Waals surface area contributed by atoms with Crippen LogP contribution in [-0.4, -0.2) is 33.8 Å². The molecule has 0 aliphatic heterocycles. The van der Waals surface area contributed by atoms with E-state index in [0.717, 1.165) is 27.7 Å². The first-order chi connectivity index (χ1) is 11.1. The zero-order valence-corrected chi connectivity index (χ0v) is 13.2. The number of nitrogens with zero attached hydrogens (tertiary/aromatic N) is 3. The van der Waals surface area contributed by atoms with Gasteiger partial charge < -0.3 is 10.6 Å². The lowest BCUT2D eigenvalue weighted by molar-refractivity contribution is -0.118. The highest BCUT2D eigenvalue weighted by atomic mass is 16.1. The van der Waals surface area contributed by atoms with Gasteiger partial charge >= 0.3 is 0 Å². The van der Waals surface area contributed by atoms with Crippen LogP contribution >= 0.6 is 0 Å². The number of hydrogen-bond acceptors (Lipinski definition) is 4. The van der Waals surface area contributed by atoms with Crippen molar-refractivity contribution >= 4 is 22.5 Å². The Labute approximate surface area is 134 Å². The third kappa shape index (κ3) is 3.31. The molecule has 23 heavy (non-hydrogen) atoms. The van der Waals surface area contributed by atoms with Gasteiger partial charge in [-0.1, -0.05) is 24.3 Å². The van der Waals surface area contributed by atoms with Crippen molar-refractivity contribution in [2.24, 2.45) is 7.05 Å². The highest BCUT2D eigenvalue weighted by Crippen LogP contribution is 2.31. The summed E-state index contributed by atoms with van der Waals surface area (Å²) in [6, 6.07) is 8.14. The predicted octanol–water partition coefficient (Wildman–Crippen LogP) is 2.18. The van der Waals surface area contributed by atoms with Crippen LogP contribution in [0.5, 0.6) is 0 Å². The van der Waals surface area contributed by atoms with Gasteiger partial charge in [0.25, 0.3) is 0 Å². The zero-order chi connectivity index (χ0) is 16.2. The number of carbonyl (C=O) groups is 1. The molecule has 0 aliphatic rings. The zero-order valence-electron chi connectivity index (χ0n) is 13.2. The highest BCUT2D eigenvalue weighted by Gasteiger charge is 2.10. The fourth-order valence-electron chi connectivity index (χ4n) is 2.54. The molecule has 2 heterocycles. The molecule has 6 nitrogen and oxygen atoms in total. The molecule has 1 aromatic carbocycles. The molecule has 3 aromatic rings. The fraction of sp³-hybridized carbons (Fsp3) is 0.235. The number of amides is 1. The average molecular weight is 309 g/mol. The standard InChI is InChI=1S/C17H19N5O/c1-12(23)18-7-8-19-17-15-6-4-3-5-14(15)16(10-20-17)13-9-21-22(2)11-13/h3-6,9-11H,7-8H2,1-2H3,(H,18,23)(H,19,20). The number of pyridine rings is 1. The van der Waals surface area contributed by atoms with Crippen molar-refractivity contribution < 1.29 is 4.79 Å². The highest BCUT2D eigenvalue weighted by molar-refractivity contribution is 6.01. The molecular formula is C17H19N5O. The number of anilines is 1. The Hall–Kier alpha value is -2.89. The molecule has 0 atom stereocenters. The second-order valence-electron chi connectivity index (χ2n) is 5.38. The Kier molecular flexibility index (Phi) is 4.23. The second kappa shape index (κ2) is 6.48. The van der Waals surface area contributed by atoms with Gasteiger partial charge in [-0.25, -0.2) is 4.98 Å². The quantitative estimate of drug-likeness (QED) is 0.709. The van der Waals surface area contributed by atoms with Gasteiger partial charge in [0.05, 0.1) is 6.20 Å². The van der Waals surface area contributed by atoms with E-state index in [1.165, 1.54) is 6.92 Å². The molecule has 118 valence electrons. The molecule has 3 rings (SSSR count). The van der Waals surface area contributed by atoms with Crippen LogP contribution in [0.4, 0.5) is 5.82 Å². The van der Waals surface area contributed by atoms with Crippen LogP contribution in [0.25, 0.3) is 21.9 Å². The van der Waals surface area contributed by atoms with Crippen LogP contribution in [0.3, 0.4) is 0 Å². The lowest BCUT2D eigenvalue weighted by Gasteiger charge is -2.11.